The number of nitrogens with zero attached hydrogens (tertiary/aromatic N) is 4. The molecule has 0 aliphatic carbocycles. The quantitative estimate of drug-likeness (QED) is 0.492. The molecule has 1 aliphatic heterocycles. The standard InChI is InChI=1S/C25H26N4O3/c1-3-28(17-9-5-4-6-10-17)24(30)22-21-19-11-7-8-12-20(19)27(2)23(21)25(31)29(26-22)18-13-15-32-16-14-18/h4-12,18H,3,13-16H2,1-2H3. The number of hydrogen-bond acceptors (Lipinski definition) is 4. The molecule has 1 saturated heterocycles. The molecule has 3 heterocycles. The van der Waals surface area contributed by atoms with Gasteiger partial charge in [0.05, 0.1) is 6.04 Å². The molecule has 0 radical (unpaired) electrons. The molecule has 0 atom stereocenters. The summed E-state index contributed by atoms with van der Waals surface area (Å²) in [6, 6.07) is 17.3. The van der Waals surface area contributed by atoms with Gasteiger partial charge in [-0.15, -0.1) is 0 Å². The van der Waals surface area contributed by atoms with E-state index in [9.17, 15) is 9.59 Å². The van der Waals surface area contributed by atoms with E-state index < -0.39 is 0 Å². The van der Waals surface area contributed by atoms with Crippen molar-refractivity contribution in [1.82, 2.24) is 14.3 Å². The summed E-state index contributed by atoms with van der Waals surface area (Å²) < 4.78 is 8.90. The van der Waals surface area contributed by atoms with E-state index in [4.69, 9.17) is 9.84 Å². The Morgan fingerprint density at radius 1 is 1.09 bits per heavy atom. The highest BCUT2D eigenvalue weighted by Crippen LogP contribution is 2.30. The van der Waals surface area contributed by atoms with Crippen molar-refractivity contribution in [2.75, 3.05) is 24.7 Å². The molecule has 164 valence electrons. The van der Waals surface area contributed by atoms with Crippen LogP contribution in [0.1, 0.15) is 36.3 Å². The molecule has 0 bridgehead atoms. The molecule has 32 heavy (non-hydrogen) atoms. The molecule has 2 aromatic heterocycles. The summed E-state index contributed by atoms with van der Waals surface area (Å²) >= 11 is 0. The molecule has 4 aromatic rings. The van der Waals surface area contributed by atoms with E-state index >= 15 is 0 Å². The monoisotopic (exact) mass is 430 g/mol. The smallest absolute Gasteiger partial charge is 0.291 e. The first-order valence-electron chi connectivity index (χ1n) is 11.1. The lowest BCUT2D eigenvalue weighted by Gasteiger charge is -2.25. The van der Waals surface area contributed by atoms with Gasteiger partial charge in [0.2, 0.25) is 0 Å². The number of aromatic nitrogens is 3. The third-order valence-electron chi connectivity index (χ3n) is 6.33. The largest absolute Gasteiger partial charge is 0.381 e. The Hall–Kier alpha value is -3.45. The number of carbonyl (C=O) groups is 1. The Morgan fingerprint density at radius 3 is 2.50 bits per heavy atom. The van der Waals surface area contributed by atoms with E-state index in [1.165, 1.54) is 4.68 Å². The average Bonchev–Trinajstić information content (AvgIpc) is 3.14. The van der Waals surface area contributed by atoms with Gasteiger partial charge in [-0.1, -0.05) is 36.4 Å². The van der Waals surface area contributed by atoms with E-state index in [1.54, 1.807) is 4.90 Å². The first-order valence-corrected chi connectivity index (χ1v) is 11.1. The highest BCUT2D eigenvalue weighted by molar-refractivity contribution is 6.20. The highest BCUT2D eigenvalue weighted by atomic mass is 16.5. The SMILES string of the molecule is CCN(C(=O)c1nn(C2CCOCC2)c(=O)c2c1c1ccccc1n2C)c1ccccc1. The van der Waals surface area contributed by atoms with Crippen molar-refractivity contribution in [3.05, 3.63) is 70.6 Å². The van der Waals surface area contributed by atoms with E-state index in [1.807, 2.05) is 73.1 Å². The predicted molar refractivity (Wildman–Crippen MR) is 125 cm³/mol. The molecule has 5 rings (SSSR count). The molecular weight excluding hydrogens is 404 g/mol. The van der Waals surface area contributed by atoms with Gasteiger partial charge in [-0.3, -0.25) is 9.59 Å². The zero-order valence-electron chi connectivity index (χ0n) is 18.3. The van der Waals surface area contributed by atoms with Crippen LogP contribution < -0.4 is 10.5 Å². The van der Waals surface area contributed by atoms with Crippen LogP contribution in [-0.2, 0) is 11.8 Å². The summed E-state index contributed by atoms with van der Waals surface area (Å²) in [5.41, 5.74) is 2.38. The fourth-order valence-electron chi connectivity index (χ4n) is 4.70. The van der Waals surface area contributed by atoms with Gasteiger partial charge in [-0.05, 0) is 38.0 Å². The topological polar surface area (TPSA) is 69.4 Å². The Bertz CT molecular complexity index is 1350. The number of amides is 1. The molecule has 0 saturated carbocycles. The van der Waals surface area contributed by atoms with E-state index in [0.29, 0.717) is 49.2 Å². The number of para-hydroxylation sites is 2. The second kappa shape index (κ2) is 8.24. The van der Waals surface area contributed by atoms with Crippen molar-refractivity contribution in [2.45, 2.75) is 25.8 Å². The van der Waals surface area contributed by atoms with Gasteiger partial charge in [-0.2, -0.15) is 5.10 Å². The van der Waals surface area contributed by atoms with Crippen LogP contribution in [-0.4, -0.2) is 40.0 Å². The van der Waals surface area contributed by atoms with Crippen molar-refractivity contribution in [2.24, 2.45) is 7.05 Å². The van der Waals surface area contributed by atoms with Crippen molar-refractivity contribution < 1.29 is 9.53 Å². The fourth-order valence-corrected chi connectivity index (χ4v) is 4.70. The zero-order valence-corrected chi connectivity index (χ0v) is 18.3. The average molecular weight is 431 g/mol. The number of benzene rings is 2. The second-order valence-electron chi connectivity index (χ2n) is 8.13. The summed E-state index contributed by atoms with van der Waals surface area (Å²) in [6.45, 7) is 3.60. The molecule has 1 fully saturated rings. The molecular formula is C25H26N4O3. The van der Waals surface area contributed by atoms with Crippen LogP contribution in [0.5, 0.6) is 0 Å². The highest BCUT2D eigenvalue weighted by Gasteiger charge is 2.28. The third kappa shape index (κ3) is 3.20. The maximum absolute atomic E-state index is 13.9. The maximum atomic E-state index is 13.9. The Labute approximate surface area is 185 Å². The van der Waals surface area contributed by atoms with E-state index in [0.717, 1.165) is 16.6 Å². The molecule has 1 amide bonds. The number of carbonyl (C=O) groups excluding carboxylic acids is 1. The summed E-state index contributed by atoms with van der Waals surface area (Å²) in [4.78, 5) is 29.2. The molecule has 0 N–H and O–H groups in total. The van der Waals surface area contributed by atoms with Gasteiger partial charge in [0, 0.05) is 48.8 Å². The van der Waals surface area contributed by atoms with Crippen molar-refractivity contribution >= 4 is 33.4 Å². The van der Waals surface area contributed by atoms with Crippen LogP contribution >= 0.6 is 0 Å². The van der Waals surface area contributed by atoms with Crippen molar-refractivity contribution in [3.8, 4) is 0 Å². The number of hydrogen-bond donors (Lipinski definition) is 0. The number of ether oxygens (including phenoxy) is 1. The third-order valence-corrected chi connectivity index (χ3v) is 6.33. The molecule has 2 aromatic carbocycles. The minimum Gasteiger partial charge on any atom is -0.381 e. The van der Waals surface area contributed by atoms with Crippen molar-refractivity contribution in [3.63, 3.8) is 0 Å². The van der Waals surface area contributed by atoms with Gasteiger partial charge in [0.1, 0.15) is 5.52 Å². The lowest BCUT2D eigenvalue weighted by atomic mass is 10.1. The first-order chi connectivity index (χ1) is 15.6. The van der Waals surface area contributed by atoms with E-state index in [2.05, 4.69) is 0 Å². The van der Waals surface area contributed by atoms with Crippen LogP contribution in [0.4, 0.5) is 5.69 Å². The Morgan fingerprint density at radius 2 is 1.78 bits per heavy atom. The summed E-state index contributed by atoms with van der Waals surface area (Å²) in [5.74, 6) is -0.208. The van der Waals surface area contributed by atoms with Crippen LogP contribution in [0, 0.1) is 0 Å². The number of rotatable bonds is 4. The van der Waals surface area contributed by atoms with Gasteiger partial charge in [0.15, 0.2) is 5.69 Å². The number of aryl methyl sites for hydroxylation is 1. The first kappa shape index (κ1) is 20.5. The summed E-state index contributed by atoms with van der Waals surface area (Å²) in [7, 11) is 1.88. The Kier molecular flexibility index (Phi) is 5.27. The van der Waals surface area contributed by atoms with Crippen LogP contribution in [0.15, 0.2) is 59.4 Å². The van der Waals surface area contributed by atoms with Gasteiger partial charge < -0.3 is 14.2 Å². The van der Waals surface area contributed by atoms with Crippen molar-refractivity contribution in [1.29, 1.82) is 0 Å². The number of anilines is 1. The summed E-state index contributed by atoms with van der Waals surface area (Å²) in [5, 5.41) is 6.21. The van der Waals surface area contributed by atoms with Crippen LogP contribution in [0.3, 0.4) is 0 Å². The fraction of sp³-hybridized carbons (Fsp3) is 0.320. The summed E-state index contributed by atoms with van der Waals surface area (Å²) in [6.07, 6.45) is 1.40. The molecule has 7 nitrogen and oxygen atoms in total. The van der Waals surface area contributed by atoms with Gasteiger partial charge in [-0.25, -0.2) is 4.68 Å². The molecule has 1 aliphatic rings. The molecule has 0 unspecified atom stereocenters. The lowest BCUT2D eigenvalue weighted by molar-refractivity contribution is 0.0646. The minimum absolute atomic E-state index is 0.0861. The predicted octanol–water partition coefficient (Wildman–Crippen LogP) is 3.91. The second-order valence-corrected chi connectivity index (χ2v) is 8.13. The minimum atomic E-state index is -0.208. The normalized spacial score (nSPS) is 14.8. The Balaban J connectivity index is 1.80. The van der Waals surface area contributed by atoms with Gasteiger partial charge in [0.25, 0.3) is 11.5 Å². The van der Waals surface area contributed by atoms with Crippen LogP contribution in [0.2, 0.25) is 0 Å². The van der Waals surface area contributed by atoms with Crippen LogP contribution in [0.25, 0.3) is 21.8 Å². The molecule has 7 heteroatoms. The number of fused-ring (bicyclic) bond motifs is 3. The van der Waals surface area contributed by atoms with E-state index in [-0.39, 0.29) is 17.5 Å². The lowest BCUT2D eigenvalue weighted by Crippen LogP contribution is -2.37. The molecule has 0 spiro atoms. The maximum Gasteiger partial charge on any atom is 0.291 e. The zero-order chi connectivity index (χ0) is 22.2. The van der Waals surface area contributed by atoms with Gasteiger partial charge >= 0.3 is 0 Å².